The Bertz CT molecular complexity index is 1080. The molecule has 0 radical (unpaired) electrons. The minimum atomic E-state index is -0.274. The van der Waals surface area contributed by atoms with E-state index in [-0.39, 0.29) is 17.1 Å². The molecule has 1 fully saturated rings. The number of aryl methyl sites for hydroxylation is 2. The van der Waals surface area contributed by atoms with Gasteiger partial charge in [0.1, 0.15) is 6.04 Å². The number of rotatable bonds is 3. The molecular formula is C22H30N6O. The fourth-order valence-corrected chi connectivity index (χ4v) is 4.42. The monoisotopic (exact) mass is 394 g/mol. The number of benzene rings is 1. The topological polar surface area (TPSA) is 79.7 Å². The fourth-order valence-electron chi connectivity index (χ4n) is 4.42. The van der Waals surface area contributed by atoms with Crippen LogP contribution in [-0.4, -0.2) is 43.2 Å². The van der Waals surface area contributed by atoms with Gasteiger partial charge in [0, 0.05) is 5.56 Å². The number of aromatic nitrogens is 5. The molecule has 154 valence electrons. The third kappa shape index (κ3) is 3.71. The number of nitrogens with one attached hydrogen (secondary N) is 1. The minimum absolute atomic E-state index is 0.0662. The first-order valence-electron chi connectivity index (χ1n) is 10.4. The highest BCUT2D eigenvalue weighted by Crippen LogP contribution is 2.31. The molecule has 0 bridgehead atoms. The van der Waals surface area contributed by atoms with Crippen LogP contribution in [0.15, 0.2) is 23.0 Å². The Morgan fingerprint density at radius 1 is 1.07 bits per heavy atom. The van der Waals surface area contributed by atoms with E-state index >= 15 is 0 Å². The predicted octanol–water partition coefficient (Wildman–Crippen LogP) is 3.46. The molecule has 1 aliphatic rings. The summed E-state index contributed by atoms with van der Waals surface area (Å²) in [6, 6.07) is 6.00. The highest BCUT2D eigenvalue weighted by molar-refractivity contribution is 5.83. The predicted molar refractivity (Wildman–Crippen MR) is 114 cm³/mol. The minimum Gasteiger partial charge on any atom is -0.321 e. The largest absolute Gasteiger partial charge is 0.321 e. The molecule has 7 heteroatoms. The molecule has 0 saturated carbocycles. The number of pyridine rings is 1. The summed E-state index contributed by atoms with van der Waals surface area (Å²) in [7, 11) is 0. The zero-order valence-corrected chi connectivity index (χ0v) is 18.0. The van der Waals surface area contributed by atoms with Crippen molar-refractivity contribution in [2.24, 2.45) is 0 Å². The Labute approximate surface area is 171 Å². The lowest BCUT2D eigenvalue weighted by molar-refractivity contribution is 0.170. The van der Waals surface area contributed by atoms with Gasteiger partial charge >= 0.3 is 0 Å². The third-order valence-corrected chi connectivity index (χ3v) is 5.75. The van der Waals surface area contributed by atoms with Gasteiger partial charge in [0.05, 0.1) is 11.1 Å². The zero-order chi connectivity index (χ0) is 20.8. The van der Waals surface area contributed by atoms with Crippen molar-refractivity contribution in [3.8, 4) is 0 Å². The number of nitrogens with zero attached hydrogens (tertiary/aromatic N) is 5. The Hall–Kier alpha value is -2.54. The SMILES string of the molecule is Cc1cc(C)c2[nH]c(=O)c([C@@H](c3nnnn3C(C)(C)C)N3CCCCC3)cc2c1. The Kier molecular flexibility index (Phi) is 5.02. The summed E-state index contributed by atoms with van der Waals surface area (Å²) in [4.78, 5) is 18.7. The van der Waals surface area contributed by atoms with E-state index in [0.29, 0.717) is 5.56 Å². The second-order valence-electron chi connectivity index (χ2n) is 9.22. The molecular weight excluding hydrogens is 364 g/mol. The van der Waals surface area contributed by atoms with E-state index in [1.807, 2.05) is 17.7 Å². The Morgan fingerprint density at radius 2 is 1.79 bits per heavy atom. The van der Waals surface area contributed by atoms with Crippen molar-refractivity contribution in [3.63, 3.8) is 0 Å². The second-order valence-corrected chi connectivity index (χ2v) is 9.22. The van der Waals surface area contributed by atoms with Gasteiger partial charge in [-0.2, -0.15) is 0 Å². The molecule has 2 aromatic heterocycles. The molecule has 1 saturated heterocycles. The first kappa shape index (κ1) is 19.8. The van der Waals surface area contributed by atoms with Gasteiger partial charge in [-0.1, -0.05) is 18.1 Å². The van der Waals surface area contributed by atoms with Gasteiger partial charge in [0.15, 0.2) is 5.82 Å². The second kappa shape index (κ2) is 7.37. The van der Waals surface area contributed by atoms with Crippen LogP contribution in [0, 0.1) is 13.8 Å². The van der Waals surface area contributed by atoms with E-state index in [9.17, 15) is 4.79 Å². The lowest BCUT2D eigenvalue weighted by Gasteiger charge is -2.35. The van der Waals surface area contributed by atoms with E-state index in [4.69, 9.17) is 0 Å². The first-order chi connectivity index (χ1) is 13.8. The van der Waals surface area contributed by atoms with Crippen molar-refractivity contribution in [1.82, 2.24) is 30.1 Å². The van der Waals surface area contributed by atoms with Gasteiger partial charge in [0.2, 0.25) is 0 Å². The maximum Gasteiger partial charge on any atom is 0.253 e. The van der Waals surface area contributed by atoms with Gasteiger partial charge < -0.3 is 4.98 Å². The lowest BCUT2D eigenvalue weighted by atomic mass is 9.98. The van der Waals surface area contributed by atoms with Crippen LogP contribution >= 0.6 is 0 Å². The van der Waals surface area contributed by atoms with Gasteiger partial charge in [-0.15, -0.1) is 5.10 Å². The number of H-pyrrole nitrogens is 1. The average molecular weight is 395 g/mol. The van der Waals surface area contributed by atoms with Crippen molar-refractivity contribution in [2.75, 3.05) is 13.1 Å². The molecule has 1 N–H and O–H groups in total. The highest BCUT2D eigenvalue weighted by atomic mass is 16.1. The molecule has 4 rings (SSSR count). The summed E-state index contributed by atoms with van der Waals surface area (Å²) < 4.78 is 1.86. The normalized spacial score (nSPS) is 17.0. The number of hydrogen-bond acceptors (Lipinski definition) is 5. The lowest BCUT2D eigenvalue weighted by Crippen LogP contribution is -2.40. The molecule has 0 spiro atoms. The van der Waals surface area contributed by atoms with Gasteiger partial charge in [0.25, 0.3) is 5.56 Å². The molecule has 1 aromatic carbocycles. The smallest absolute Gasteiger partial charge is 0.253 e. The number of likely N-dealkylation sites (tertiary alicyclic amines) is 1. The van der Waals surface area contributed by atoms with E-state index < -0.39 is 0 Å². The van der Waals surface area contributed by atoms with E-state index in [1.165, 1.54) is 12.0 Å². The number of tetrazole rings is 1. The van der Waals surface area contributed by atoms with Gasteiger partial charge in [-0.3, -0.25) is 9.69 Å². The number of piperidine rings is 1. The Morgan fingerprint density at radius 3 is 2.48 bits per heavy atom. The molecule has 3 heterocycles. The number of fused-ring (bicyclic) bond motifs is 1. The fraction of sp³-hybridized carbons (Fsp3) is 0.545. The molecule has 29 heavy (non-hydrogen) atoms. The first-order valence-corrected chi connectivity index (χ1v) is 10.4. The summed E-state index contributed by atoms with van der Waals surface area (Å²) in [6.07, 6.45) is 3.47. The maximum absolute atomic E-state index is 13.3. The number of aromatic amines is 1. The maximum atomic E-state index is 13.3. The third-order valence-electron chi connectivity index (χ3n) is 5.75. The quantitative estimate of drug-likeness (QED) is 0.736. The summed E-state index contributed by atoms with van der Waals surface area (Å²) in [5, 5.41) is 13.7. The summed E-state index contributed by atoms with van der Waals surface area (Å²) in [6.45, 7) is 12.2. The number of hydrogen-bond donors (Lipinski definition) is 1. The summed E-state index contributed by atoms with van der Waals surface area (Å²) in [5.41, 5.74) is 3.54. The van der Waals surface area contributed by atoms with Crippen molar-refractivity contribution in [2.45, 2.75) is 65.5 Å². The van der Waals surface area contributed by atoms with E-state index in [0.717, 1.165) is 48.2 Å². The van der Waals surface area contributed by atoms with Crippen LogP contribution in [0.1, 0.15) is 68.6 Å². The van der Waals surface area contributed by atoms with Crippen LogP contribution in [-0.2, 0) is 5.54 Å². The van der Waals surface area contributed by atoms with Crippen LogP contribution in [0.5, 0.6) is 0 Å². The van der Waals surface area contributed by atoms with Crippen molar-refractivity contribution < 1.29 is 0 Å². The Balaban J connectivity index is 1.94. The standard InChI is InChI=1S/C22H30N6O/c1-14-11-15(2)18-16(12-14)13-17(21(29)23-18)19(27-9-7-6-8-10-27)20-24-25-26-28(20)22(3,4)5/h11-13,19H,6-10H2,1-5H3,(H,23,29)/t19-/m0/s1. The van der Waals surface area contributed by atoms with Crippen LogP contribution in [0.3, 0.4) is 0 Å². The van der Waals surface area contributed by atoms with Crippen molar-refractivity contribution in [1.29, 1.82) is 0 Å². The van der Waals surface area contributed by atoms with Crippen molar-refractivity contribution in [3.05, 3.63) is 51.1 Å². The molecule has 3 aromatic rings. The zero-order valence-electron chi connectivity index (χ0n) is 18.0. The van der Waals surface area contributed by atoms with Crippen LogP contribution in [0.25, 0.3) is 10.9 Å². The molecule has 1 aliphatic heterocycles. The van der Waals surface area contributed by atoms with Gasteiger partial charge in [-0.25, -0.2) is 4.68 Å². The van der Waals surface area contributed by atoms with Crippen molar-refractivity contribution >= 4 is 10.9 Å². The molecule has 7 nitrogen and oxygen atoms in total. The molecule has 1 atom stereocenters. The summed E-state index contributed by atoms with van der Waals surface area (Å²) >= 11 is 0. The van der Waals surface area contributed by atoms with Crippen LogP contribution < -0.4 is 5.56 Å². The molecule has 0 aliphatic carbocycles. The summed E-state index contributed by atoms with van der Waals surface area (Å²) in [5.74, 6) is 0.730. The highest BCUT2D eigenvalue weighted by Gasteiger charge is 2.33. The molecule has 0 amide bonds. The van der Waals surface area contributed by atoms with E-state index in [2.05, 4.69) is 65.2 Å². The average Bonchev–Trinajstić information content (AvgIpc) is 3.14. The molecule has 0 unspecified atom stereocenters. The van der Waals surface area contributed by atoms with E-state index in [1.54, 1.807) is 0 Å². The van der Waals surface area contributed by atoms with Crippen LogP contribution in [0.4, 0.5) is 0 Å². The van der Waals surface area contributed by atoms with Crippen LogP contribution in [0.2, 0.25) is 0 Å². The van der Waals surface area contributed by atoms with Gasteiger partial charge in [-0.05, 0) is 94.1 Å².